The highest BCUT2D eigenvalue weighted by Crippen LogP contribution is 2.42. The van der Waals surface area contributed by atoms with Gasteiger partial charge in [0.05, 0.1) is 29.9 Å². The summed E-state index contributed by atoms with van der Waals surface area (Å²) in [5.74, 6) is -2.03. The van der Waals surface area contributed by atoms with E-state index in [0.29, 0.717) is 34.5 Å². The average Bonchev–Trinajstić information content (AvgIpc) is 3.33. The van der Waals surface area contributed by atoms with Crippen LogP contribution in [0.1, 0.15) is 60.6 Å². The van der Waals surface area contributed by atoms with Gasteiger partial charge < -0.3 is 30.3 Å². The number of hydrogen-bond acceptors (Lipinski definition) is 5. The topological polar surface area (TPSA) is 132 Å². The lowest BCUT2D eigenvalue weighted by molar-refractivity contribution is -0.139. The first-order valence-corrected chi connectivity index (χ1v) is 14.8. The molecule has 4 rings (SSSR count). The van der Waals surface area contributed by atoms with Gasteiger partial charge in [0.1, 0.15) is 5.82 Å². The summed E-state index contributed by atoms with van der Waals surface area (Å²) in [6, 6.07) is 22.8. The Hall–Kier alpha value is -4.31. The van der Waals surface area contributed by atoms with Crippen molar-refractivity contribution in [2.24, 2.45) is 0 Å². The zero-order chi connectivity index (χ0) is 31.8. The molecule has 1 aromatic heterocycles. The SMILES string of the molecule is CC(C)c1c(C(=O)Nc2ccc(CCO)cc2)c(-c2ccccc2)c(-c2ccc(F)cc2)n1CC[C@@H](O)C[C@@H](O)CC(=O)O. The van der Waals surface area contributed by atoms with Gasteiger partial charge in [-0.25, -0.2) is 4.39 Å². The molecule has 0 spiro atoms. The Morgan fingerprint density at radius 3 is 2.14 bits per heavy atom. The van der Waals surface area contributed by atoms with Gasteiger partial charge in [-0.05, 0) is 78.3 Å². The molecule has 0 aliphatic rings. The third-order valence-electron chi connectivity index (χ3n) is 7.51. The molecule has 0 aliphatic heterocycles. The summed E-state index contributed by atoms with van der Waals surface area (Å²) in [7, 11) is 0. The number of carboxylic acid groups (broad SMARTS) is 1. The molecule has 232 valence electrons. The van der Waals surface area contributed by atoms with Gasteiger partial charge in [0.25, 0.3) is 5.91 Å². The number of aliphatic hydroxyl groups is 3. The fraction of sp³-hybridized carbons (Fsp3) is 0.314. The van der Waals surface area contributed by atoms with E-state index in [-0.39, 0.29) is 37.8 Å². The summed E-state index contributed by atoms with van der Waals surface area (Å²) in [4.78, 5) is 25.2. The molecule has 0 aliphatic carbocycles. The molecule has 0 unspecified atom stereocenters. The summed E-state index contributed by atoms with van der Waals surface area (Å²) in [5.41, 5.74) is 5.51. The Labute approximate surface area is 256 Å². The largest absolute Gasteiger partial charge is 0.481 e. The third kappa shape index (κ3) is 7.99. The van der Waals surface area contributed by atoms with Crippen LogP contribution in [0.5, 0.6) is 0 Å². The second-order valence-electron chi connectivity index (χ2n) is 11.2. The third-order valence-corrected chi connectivity index (χ3v) is 7.51. The van der Waals surface area contributed by atoms with E-state index in [1.165, 1.54) is 12.1 Å². The van der Waals surface area contributed by atoms with Crippen LogP contribution in [0.25, 0.3) is 22.4 Å². The molecular formula is C35H39FN2O6. The number of rotatable bonds is 14. The smallest absolute Gasteiger partial charge is 0.305 e. The van der Waals surface area contributed by atoms with Crippen molar-refractivity contribution in [2.75, 3.05) is 11.9 Å². The zero-order valence-electron chi connectivity index (χ0n) is 24.9. The predicted octanol–water partition coefficient (Wildman–Crippen LogP) is 5.85. The van der Waals surface area contributed by atoms with Crippen molar-refractivity contribution in [3.63, 3.8) is 0 Å². The van der Waals surface area contributed by atoms with Crippen molar-refractivity contribution in [3.8, 4) is 22.4 Å². The molecule has 9 heteroatoms. The molecule has 0 bridgehead atoms. The molecule has 0 fully saturated rings. The molecular weight excluding hydrogens is 563 g/mol. The Morgan fingerprint density at radius 2 is 1.55 bits per heavy atom. The lowest BCUT2D eigenvalue weighted by Crippen LogP contribution is -2.22. The summed E-state index contributed by atoms with van der Waals surface area (Å²) in [6.45, 7) is 4.23. The Balaban J connectivity index is 1.86. The van der Waals surface area contributed by atoms with Crippen LogP contribution < -0.4 is 5.32 Å². The van der Waals surface area contributed by atoms with Crippen molar-refractivity contribution in [3.05, 3.63) is 102 Å². The molecule has 2 atom stereocenters. The normalized spacial score (nSPS) is 12.7. The number of amides is 1. The predicted molar refractivity (Wildman–Crippen MR) is 168 cm³/mol. The van der Waals surface area contributed by atoms with E-state index in [2.05, 4.69) is 5.32 Å². The van der Waals surface area contributed by atoms with Crippen molar-refractivity contribution in [2.45, 2.75) is 64.2 Å². The number of carbonyl (C=O) groups is 2. The molecule has 1 amide bonds. The average molecular weight is 603 g/mol. The van der Waals surface area contributed by atoms with Crippen molar-refractivity contribution < 1.29 is 34.4 Å². The number of aliphatic hydroxyl groups excluding tert-OH is 3. The number of benzene rings is 3. The molecule has 4 aromatic rings. The van der Waals surface area contributed by atoms with Crippen LogP contribution in [-0.2, 0) is 17.8 Å². The molecule has 8 nitrogen and oxygen atoms in total. The minimum Gasteiger partial charge on any atom is -0.481 e. The number of anilines is 1. The second kappa shape index (κ2) is 14.9. The van der Waals surface area contributed by atoms with Gasteiger partial charge in [-0.15, -0.1) is 0 Å². The monoisotopic (exact) mass is 602 g/mol. The van der Waals surface area contributed by atoms with Gasteiger partial charge in [-0.2, -0.15) is 0 Å². The molecule has 0 saturated heterocycles. The van der Waals surface area contributed by atoms with E-state index in [1.807, 2.05) is 60.9 Å². The number of carboxylic acids is 1. The van der Waals surface area contributed by atoms with Crippen LogP contribution >= 0.6 is 0 Å². The highest BCUT2D eigenvalue weighted by atomic mass is 19.1. The summed E-state index contributed by atoms with van der Waals surface area (Å²) in [5, 5.41) is 42.1. The summed E-state index contributed by atoms with van der Waals surface area (Å²) < 4.78 is 16.0. The van der Waals surface area contributed by atoms with Crippen LogP contribution in [0, 0.1) is 5.82 Å². The lowest BCUT2D eigenvalue weighted by atomic mass is 9.94. The van der Waals surface area contributed by atoms with Gasteiger partial charge in [0, 0.05) is 30.1 Å². The molecule has 0 radical (unpaired) electrons. The van der Waals surface area contributed by atoms with E-state index in [1.54, 1.807) is 24.3 Å². The van der Waals surface area contributed by atoms with E-state index in [4.69, 9.17) is 5.11 Å². The fourth-order valence-electron chi connectivity index (χ4n) is 5.57. The van der Waals surface area contributed by atoms with Crippen LogP contribution in [0.15, 0.2) is 78.9 Å². The van der Waals surface area contributed by atoms with Gasteiger partial charge in [0.2, 0.25) is 0 Å². The number of aromatic nitrogens is 1. The first-order valence-electron chi connectivity index (χ1n) is 14.8. The summed E-state index contributed by atoms with van der Waals surface area (Å²) >= 11 is 0. The molecule has 3 aromatic carbocycles. The molecule has 5 N–H and O–H groups in total. The summed E-state index contributed by atoms with van der Waals surface area (Å²) in [6.07, 6.45) is -2.08. The fourth-order valence-corrected chi connectivity index (χ4v) is 5.57. The molecule has 44 heavy (non-hydrogen) atoms. The maximum atomic E-state index is 14.2. The van der Waals surface area contributed by atoms with Crippen molar-refractivity contribution in [1.29, 1.82) is 0 Å². The minimum absolute atomic E-state index is 0.0246. The first-order chi connectivity index (χ1) is 21.1. The molecule has 0 saturated carbocycles. The maximum Gasteiger partial charge on any atom is 0.305 e. The number of halogens is 1. The van der Waals surface area contributed by atoms with E-state index >= 15 is 0 Å². The Bertz CT molecular complexity index is 1550. The van der Waals surface area contributed by atoms with Crippen LogP contribution in [0.2, 0.25) is 0 Å². The minimum atomic E-state index is -1.20. The number of aliphatic carboxylic acids is 1. The number of hydrogen-bond donors (Lipinski definition) is 5. The van der Waals surface area contributed by atoms with Gasteiger partial charge >= 0.3 is 5.97 Å². The Morgan fingerprint density at radius 1 is 0.886 bits per heavy atom. The van der Waals surface area contributed by atoms with Gasteiger partial charge in [-0.3, -0.25) is 9.59 Å². The van der Waals surface area contributed by atoms with Gasteiger partial charge in [0.15, 0.2) is 0 Å². The van der Waals surface area contributed by atoms with E-state index in [0.717, 1.165) is 16.8 Å². The lowest BCUT2D eigenvalue weighted by Gasteiger charge is -2.20. The second-order valence-corrected chi connectivity index (χ2v) is 11.2. The van der Waals surface area contributed by atoms with Gasteiger partial charge in [-0.1, -0.05) is 56.3 Å². The zero-order valence-corrected chi connectivity index (χ0v) is 24.9. The van der Waals surface area contributed by atoms with Crippen molar-refractivity contribution >= 4 is 17.6 Å². The Kier molecular flexibility index (Phi) is 11.1. The quantitative estimate of drug-likeness (QED) is 0.123. The maximum absolute atomic E-state index is 14.2. The number of nitrogens with one attached hydrogen (secondary N) is 1. The van der Waals surface area contributed by atoms with E-state index in [9.17, 15) is 29.3 Å². The number of nitrogens with zero attached hydrogens (tertiary/aromatic N) is 1. The van der Waals surface area contributed by atoms with Crippen molar-refractivity contribution in [1.82, 2.24) is 4.57 Å². The van der Waals surface area contributed by atoms with E-state index < -0.39 is 30.4 Å². The highest BCUT2D eigenvalue weighted by molar-refractivity contribution is 6.12. The van der Waals surface area contributed by atoms with Crippen LogP contribution in [-0.4, -0.2) is 55.7 Å². The standard InChI is InChI=1S/C35H39FN2O6/c1-22(2)33-32(35(44)37-27-14-8-23(9-15-27)17-19-39)31(24-6-4-3-5-7-24)34(25-10-12-26(36)13-11-25)38(33)18-16-28(40)20-29(41)21-30(42)43/h3-15,22,28-29,39-41H,16-21H2,1-2H3,(H,37,44)(H,42,43)/t28-,29-/m1/s1. The number of carbonyl (C=O) groups excluding carboxylic acids is 1. The highest BCUT2D eigenvalue weighted by Gasteiger charge is 2.31. The molecule has 1 heterocycles. The first kappa shape index (κ1) is 32.6. The van der Waals surface area contributed by atoms with Crippen LogP contribution in [0.4, 0.5) is 10.1 Å². The van der Waals surface area contributed by atoms with Crippen LogP contribution in [0.3, 0.4) is 0 Å².